The second-order valence-corrected chi connectivity index (χ2v) is 7.16. The SMILES string of the molecule is O=C(Nc1ccccc1)Nc1ccc(-c2ccc(O)c3[nH]nc([AsH2])c23)cc1. The summed E-state index contributed by atoms with van der Waals surface area (Å²) in [7, 11) is 0. The van der Waals surface area contributed by atoms with E-state index in [-0.39, 0.29) is 11.8 Å². The molecule has 0 fully saturated rings. The summed E-state index contributed by atoms with van der Waals surface area (Å²) >= 11 is 1.39. The summed E-state index contributed by atoms with van der Waals surface area (Å²) in [5.41, 5.74) is 4.02. The molecule has 2 amide bonds. The average Bonchev–Trinajstić information content (AvgIpc) is 3.07. The van der Waals surface area contributed by atoms with Crippen molar-refractivity contribution < 1.29 is 9.90 Å². The van der Waals surface area contributed by atoms with Crippen LogP contribution in [-0.2, 0) is 0 Å². The molecule has 0 bridgehead atoms. The van der Waals surface area contributed by atoms with Crippen molar-refractivity contribution in [3.05, 3.63) is 66.7 Å². The van der Waals surface area contributed by atoms with E-state index in [0.29, 0.717) is 11.2 Å². The number of aromatic hydroxyl groups is 1. The van der Waals surface area contributed by atoms with Crippen LogP contribution in [0.2, 0.25) is 0 Å². The molecule has 27 heavy (non-hydrogen) atoms. The Bertz CT molecular complexity index is 1110. The van der Waals surface area contributed by atoms with E-state index >= 15 is 0 Å². The van der Waals surface area contributed by atoms with E-state index in [0.717, 1.165) is 26.7 Å². The van der Waals surface area contributed by atoms with Crippen LogP contribution in [0.15, 0.2) is 66.7 Å². The van der Waals surface area contributed by atoms with Gasteiger partial charge < -0.3 is 0 Å². The molecule has 4 rings (SSSR count). The number of phenolic OH excluding ortho intramolecular Hbond substituents is 1. The molecule has 134 valence electrons. The summed E-state index contributed by atoms with van der Waals surface area (Å²) in [6.45, 7) is 0. The fraction of sp³-hybridized carbons (Fsp3) is 0. The van der Waals surface area contributed by atoms with Gasteiger partial charge >= 0.3 is 146 Å². The van der Waals surface area contributed by atoms with Gasteiger partial charge in [-0.15, -0.1) is 0 Å². The second-order valence-electron chi connectivity index (χ2n) is 6.01. The first-order chi connectivity index (χ1) is 13.1. The minimum absolute atomic E-state index is 0.181. The van der Waals surface area contributed by atoms with Gasteiger partial charge in [0.1, 0.15) is 0 Å². The first-order valence-corrected chi connectivity index (χ1v) is 9.52. The van der Waals surface area contributed by atoms with Crippen molar-refractivity contribution in [3.8, 4) is 16.9 Å². The van der Waals surface area contributed by atoms with Crippen molar-refractivity contribution in [2.75, 3.05) is 10.6 Å². The van der Waals surface area contributed by atoms with E-state index in [9.17, 15) is 9.90 Å². The first kappa shape index (κ1) is 17.2. The van der Waals surface area contributed by atoms with Gasteiger partial charge in [-0.2, -0.15) is 0 Å². The summed E-state index contributed by atoms with van der Waals surface area (Å²) in [4.78, 5) is 12.1. The van der Waals surface area contributed by atoms with Crippen LogP contribution in [0.25, 0.3) is 22.0 Å². The number of amides is 2. The molecule has 4 aromatic rings. The predicted molar refractivity (Wildman–Crippen MR) is 110 cm³/mol. The number of benzene rings is 3. The number of aromatic nitrogens is 2. The molecule has 1 heterocycles. The number of nitrogens with one attached hydrogen (secondary N) is 3. The molecule has 7 heteroatoms. The van der Waals surface area contributed by atoms with Gasteiger partial charge in [-0.05, 0) is 0 Å². The monoisotopic (exact) mass is 420 g/mol. The zero-order valence-corrected chi connectivity index (χ0v) is 16.7. The predicted octanol–water partition coefficient (Wildman–Crippen LogP) is 2.84. The number of aromatic amines is 1. The van der Waals surface area contributed by atoms with Crippen molar-refractivity contribution in [2.45, 2.75) is 0 Å². The molecule has 1 atom stereocenters. The molecule has 1 unspecified atom stereocenters. The van der Waals surface area contributed by atoms with E-state index < -0.39 is 0 Å². The normalized spacial score (nSPS) is 10.7. The molecule has 6 nitrogen and oxygen atoms in total. The number of para-hydroxylation sites is 1. The second kappa shape index (κ2) is 7.17. The Hall–Kier alpha value is -3.24. The third kappa shape index (κ3) is 3.52. The molecular formula is C20H17AsN4O2. The maximum atomic E-state index is 12.1. The van der Waals surface area contributed by atoms with Crippen molar-refractivity contribution in [1.29, 1.82) is 0 Å². The Kier molecular flexibility index (Phi) is 4.57. The van der Waals surface area contributed by atoms with E-state index in [1.807, 2.05) is 60.7 Å². The van der Waals surface area contributed by atoms with Gasteiger partial charge in [0, 0.05) is 0 Å². The van der Waals surface area contributed by atoms with E-state index in [1.165, 1.54) is 16.9 Å². The Labute approximate surface area is 164 Å². The summed E-state index contributed by atoms with van der Waals surface area (Å²) in [6, 6.07) is 20.1. The van der Waals surface area contributed by atoms with Crippen LogP contribution in [0.1, 0.15) is 0 Å². The molecular weight excluding hydrogens is 403 g/mol. The van der Waals surface area contributed by atoms with E-state index in [4.69, 9.17) is 0 Å². The standard InChI is InChI=1S/C20H17AsN4O2/c21-19-17-15(10-11-16(26)18(17)24-25-19)12-6-8-14(9-7-12)23-20(27)22-13-4-2-1-3-5-13/h1-11,26H,21H2,(H,24,25)(H2,22,23,27). The number of carbonyl (C=O) groups is 1. The molecule has 0 saturated carbocycles. The van der Waals surface area contributed by atoms with Crippen LogP contribution in [0.3, 0.4) is 0 Å². The number of nitrogens with zero attached hydrogens (tertiary/aromatic N) is 1. The Balaban J connectivity index is 1.55. The van der Waals surface area contributed by atoms with Gasteiger partial charge in [0.15, 0.2) is 0 Å². The number of fused-ring (bicyclic) bond motifs is 1. The van der Waals surface area contributed by atoms with E-state index in [1.54, 1.807) is 6.07 Å². The number of carbonyl (C=O) groups excluding carboxylic acids is 1. The molecule has 0 aliphatic heterocycles. The molecule has 0 saturated heterocycles. The quantitative estimate of drug-likeness (QED) is 0.385. The van der Waals surface area contributed by atoms with Crippen LogP contribution < -0.4 is 15.1 Å². The van der Waals surface area contributed by atoms with Crippen molar-refractivity contribution >= 4 is 49.6 Å². The number of urea groups is 1. The molecule has 0 spiro atoms. The van der Waals surface area contributed by atoms with Crippen LogP contribution in [0.5, 0.6) is 5.75 Å². The molecule has 0 radical (unpaired) electrons. The van der Waals surface area contributed by atoms with Gasteiger partial charge in [0.05, 0.1) is 0 Å². The zero-order valence-electron chi connectivity index (χ0n) is 14.2. The van der Waals surface area contributed by atoms with Crippen molar-refractivity contribution in [3.63, 3.8) is 0 Å². The fourth-order valence-electron chi connectivity index (χ4n) is 2.93. The van der Waals surface area contributed by atoms with Crippen LogP contribution in [0.4, 0.5) is 16.2 Å². The number of H-pyrrole nitrogens is 1. The van der Waals surface area contributed by atoms with Crippen molar-refractivity contribution in [2.24, 2.45) is 0 Å². The van der Waals surface area contributed by atoms with Crippen molar-refractivity contribution in [1.82, 2.24) is 10.2 Å². The molecule has 0 aliphatic rings. The van der Waals surface area contributed by atoms with E-state index in [2.05, 4.69) is 20.8 Å². The van der Waals surface area contributed by atoms with Gasteiger partial charge in [-0.3, -0.25) is 0 Å². The summed E-state index contributed by atoms with van der Waals surface area (Å²) < 4.78 is 0.882. The first-order valence-electron chi connectivity index (χ1n) is 8.31. The van der Waals surface area contributed by atoms with Crippen LogP contribution in [-0.4, -0.2) is 38.2 Å². The average molecular weight is 420 g/mol. The Morgan fingerprint density at radius 3 is 2.30 bits per heavy atom. The number of hydrogen-bond donors (Lipinski definition) is 4. The molecule has 4 N–H and O–H groups in total. The Morgan fingerprint density at radius 2 is 1.59 bits per heavy atom. The fourth-order valence-corrected chi connectivity index (χ4v) is 3.70. The summed E-state index contributed by atoms with van der Waals surface area (Å²) in [5, 5.41) is 23.6. The molecule has 1 aromatic heterocycles. The minimum atomic E-state index is -0.297. The third-order valence-electron chi connectivity index (χ3n) is 4.21. The topological polar surface area (TPSA) is 90.0 Å². The molecule has 0 aliphatic carbocycles. The van der Waals surface area contributed by atoms with Gasteiger partial charge in [-0.1, -0.05) is 18.2 Å². The zero-order chi connectivity index (χ0) is 18.8. The Morgan fingerprint density at radius 1 is 0.926 bits per heavy atom. The number of rotatable bonds is 3. The summed E-state index contributed by atoms with van der Waals surface area (Å²) in [6.07, 6.45) is 0. The third-order valence-corrected chi connectivity index (χ3v) is 5.09. The number of anilines is 2. The number of hydrogen-bond acceptors (Lipinski definition) is 3. The number of phenols is 1. The van der Waals surface area contributed by atoms with Gasteiger partial charge in [0.25, 0.3) is 0 Å². The maximum absolute atomic E-state index is 12.1. The van der Waals surface area contributed by atoms with Gasteiger partial charge in [-0.25, -0.2) is 0 Å². The van der Waals surface area contributed by atoms with Gasteiger partial charge in [0.2, 0.25) is 0 Å². The summed E-state index contributed by atoms with van der Waals surface area (Å²) in [5.74, 6) is 0.181. The van der Waals surface area contributed by atoms with Crippen LogP contribution >= 0.6 is 0 Å². The molecule has 3 aromatic carbocycles. The van der Waals surface area contributed by atoms with Crippen LogP contribution in [0, 0.1) is 0 Å².